The first-order valence-electron chi connectivity index (χ1n) is 9.11. The van der Waals surface area contributed by atoms with Crippen LogP contribution in [0.1, 0.15) is 33.4 Å². The van der Waals surface area contributed by atoms with Crippen LogP contribution in [0.15, 0.2) is 83.5 Å². The number of furan rings is 1. The van der Waals surface area contributed by atoms with Crippen molar-refractivity contribution < 1.29 is 18.7 Å². The van der Waals surface area contributed by atoms with Crippen molar-refractivity contribution in [3.63, 3.8) is 0 Å². The lowest BCUT2D eigenvalue weighted by Crippen LogP contribution is -2.24. The molecule has 0 saturated heterocycles. The Morgan fingerprint density at radius 2 is 1.86 bits per heavy atom. The molecule has 1 heterocycles. The van der Waals surface area contributed by atoms with Gasteiger partial charge in [-0.1, -0.05) is 24.8 Å². The van der Waals surface area contributed by atoms with E-state index in [0.717, 1.165) is 5.57 Å². The van der Waals surface area contributed by atoms with E-state index in [9.17, 15) is 9.59 Å². The number of benzene rings is 2. The fourth-order valence-electron chi connectivity index (χ4n) is 2.59. The van der Waals surface area contributed by atoms with Gasteiger partial charge in [0.2, 0.25) is 0 Å². The number of carbonyl (C=O) groups is 2. The van der Waals surface area contributed by atoms with Crippen LogP contribution in [0.2, 0.25) is 0 Å². The summed E-state index contributed by atoms with van der Waals surface area (Å²) in [6.45, 7) is 6.30. The van der Waals surface area contributed by atoms with E-state index in [4.69, 9.17) is 9.15 Å². The van der Waals surface area contributed by atoms with E-state index in [1.54, 1.807) is 66.9 Å². The van der Waals surface area contributed by atoms with Crippen LogP contribution in [0, 0.1) is 0 Å². The monoisotopic (exact) mass is 390 g/mol. The van der Waals surface area contributed by atoms with Gasteiger partial charge in [-0.2, -0.15) is 0 Å². The van der Waals surface area contributed by atoms with Crippen LogP contribution in [0.3, 0.4) is 0 Å². The van der Waals surface area contributed by atoms with E-state index in [0.29, 0.717) is 34.9 Å². The summed E-state index contributed by atoms with van der Waals surface area (Å²) in [4.78, 5) is 25.2. The molecule has 0 aliphatic rings. The van der Waals surface area contributed by atoms with Gasteiger partial charge in [-0.25, -0.2) is 0 Å². The Bertz CT molecular complexity index is 1010. The molecule has 0 saturated carbocycles. The third-order valence-electron chi connectivity index (χ3n) is 4.00. The molecular weight excluding hydrogens is 368 g/mol. The van der Waals surface area contributed by atoms with Gasteiger partial charge in [0, 0.05) is 5.56 Å². The van der Waals surface area contributed by atoms with Crippen LogP contribution >= 0.6 is 0 Å². The summed E-state index contributed by atoms with van der Waals surface area (Å²) in [6.07, 6.45) is 1.55. The quantitative estimate of drug-likeness (QED) is 0.558. The number of hydrogen-bond acceptors (Lipinski definition) is 4. The minimum atomic E-state index is -0.336. The van der Waals surface area contributed by atoms with Crippen molar-refractivity contribution in [1.82, 2.24) is 5.32 Å². The molecule has 29 heavy (non-hydrogen) atoms. The molecule has 0 spiro atoms. The molecule has 148 valence electrons. The van der Waals surface area contributed by atoms with Gasteiger partial charge in [0.25, 0.3) is 11.8 Å². The van der Waals surface area contributed by atoms with E-state index in [1.807, 2.05) is 6.92 Å². The molecule has 3 rings (SSSR count). The Morgan fingerprint density at radius 3 is 2.62 bits per heavy atom. The number of ether oxygens (including phenoxy) is 1. The van der Waals surface area contributed by atoms with Gasteiger partial charge in [-0.05, 0) is 55.0 Å². The zero-order chi connectivity index (χ0) is 20.6. The average Bonchev–Trinajstić information content (AvgIpc) is 3.25. The molecule has 0 radical (unpaired) electrons. The first-order valence-corrected chi connectivity index (χ1v) is 9.11. The fraction of sp³-hybridized carbons (Fsp3) is 0.130. The van der Waals surface area contributed by atoms with Crippen LogP contribution in [0.5, 0.6) is 5.75 Å². The van der Waals surface area contributed by atoms with Crippen molar-refractivity contribution in [2.24, 2.45) is 0 Å². The number of nitrogens with one attached hydrogen (secondary N) is 2. The number of rotatable bonds is 8. The largest absolute Gasteiger partial charge is 0.489 e. The molecule has 6 heteroatoms. The molecule has 0 fully saturated rings. The third-order valence-corrected chi connectivity index (χ3v) is 4.00. The number of amides is 2. The fourth-order valence-corrected chi connectivity index (χ4v) is 2.59. The second-order valence-electron chi connectivity index (χ2n) is 6.54. The van der Waals surface area contributed by atoms with Crippen LogP contribution in [-0.2, 0) is 6.54 Å². The van der Waals surface area contributed by atoms with Crippen LogP contribution in [0.25, 0.3) is 0 Å². The lowest BCUT2D eigenvalue weighted by atomic mass is 10.1. The first kappa shape index (κ1) is 19.9. The van der Waals surface area contributed by atoms with E-state index >= 15 is 0 Å². The van der Waals surface area contributed by atoms with Crippen molar-refractivity contribution in [3.05, 3.63) is 96.0 Å². The summed E-state index contributed by atoms with van der Waals surface area (Å²) >= 11 is 0. The highest BCUT2D eigenvalue weighted by molar-refractivity contribution is 6.09. The summed E-state index contributed by atoms with van der Waals surface area (Å²) in [5, 5.41) is 5.58. The molecule has 0 atom stereocenters. The molecule has 2 amide bonds. The normalized spacial score (nSPS) is 10.2. The molecule has 6 nitrogen and oxygen atoms in total. The van der Waals surface area contributed by atoms with E-state index < -0.39 is 0 Å². The van der Waals surface area contributed by atoms with E-state index in [1.165, 1.54) is 0 Å². The molecule has 1 aromatic heterocycles. The van der Waals surface area contributed by atoms with Crippen molar-refractivity contribution in [3.8, 4) is 5.75 Å². The second kappa shape index (κ2) is 9.41. The minimum absolute atomic E-state index is 0.260. The number of anilines is 1. The Kier molecular flexibility index (Phi) is 6.47. The van der Waals surface area contributed by atoms with Gasteiger partial charge in [-0.3, -0.25) is 9.59 Å². The van der Waals surface area contributed by atoms with Crippen LogP contribution < -0.4 is 15.4 Å². The molecule has 0 aliphatic heterocycles. The SMILES string of the molecule is C=C(C)COc1cccc(C(=O)Nc2ccccc2C(=O)NCc2ccco2)c1. The average molecular weight is 390 g/mol. The molecule has 0 aliphatic carbocycles. The standard InChI is InChI=1S/C23H22N2O4/c1-16(2)15-29-18-8-5-7-17(13-18)22(26)25-21-11-4-3-10-20(21)23(27)24-14-19-9-6-12-28-19/h3-13H,1,14-15H2,2H3,(H,24,27)(H,25,26). The lowest BCUT2D eigenvalue weighted by molar-refractivity contribution is 0.0949. The number of hydrogen-bond donors (Lipinski definition) is 2. The van der Waals surface area contributed by atoms with Crippen LogP contribution in [0.4, 0.5) is 5.69 Å². The molecule has 2 N–H and O–H groups in total. The smallest absolute Gasteiger partial charge is 0.255 e. The predicted octanol–water partition coefficient (Wildman–Crippen LogP) is 4.42. The predicted molar refractivity (Wildman–Crippen MR) is 111 cm³/mol. The lowest BCUT2D eigenvalue weighted by Gasteiger charge is -2.12. The maximum atomic E-state index is 12.7. The topological polar surface area (TPSA) is 80.6 Å². The van der Waals surface area contributed by atoms with Gasteiger partial charge in [0.15, 0.2) is 0 Å². The Hall–Kier alpha value is -3.80. The second-order valence-corrected chi connectivity index (χ2v) is 6.54. The summed E-state index contributed by atoms with van der Waals surface area (Å²) in [7, 11) is 0. The Morgan fingerprint density at radius 1 is 1.03 bits per heavy atom. The Balaban J connectivity index is 1.70. The zero-order valence-corrected chi connectivity index (χ0v) is 16.1. The van der Waals surface area contributed by atoms with Crippen molar-refractivity contribution in [1.29, 1.82) is 0 Å². The van der Waals surface area contributed by atoms with Crippen molar-refractivity contribution >= 4 is 17.5 Å². The highest BCUT2D eigenvalue weighted by atomic mass is 16.5. The van der Waals surface area contributed by atoms with Crippen molar-refractivity contribution in [2.45, 2.75) is 13.5 Å². The first-order chi connectivity index (χ1) is 14.0. The summed E-state index contributed by atoms with van der Waals surface area (Å²) in [5.41, 5.74) is 2.09. The number of para-hydroxylation sites is 1. The third kappa shape index (κ3) is 5.59. The van der Waals surface area contributed by atoms with Gasteiger partial charge >= 0.3 is 0 Å². The van der Waals surface area contributed by atoms with E-state index in [2.05, 4.69) is 17.2 Å². The molecule has 0 bridgehead atoms. The maximum Gasteiger partial charge on any atom is 0.255 e. The maximum absolute atomic E-state index is 12.7. The van der Waals surface area contributed by atoms with Gasteiger partial charge < -0.3 is 19.8 Å². The number of carbonyl (C=O) groups excluding carboxylic acids is 2. The van der Waals surface area contributed by atoms with Crippen LogP contribution in [-0.4, -0.2) is 18.4 Å². The summed E-state index contributed by atoms with van der Waals surface area (Å²) in [5.74, 6) is 0.574. The van der Waals surface area contributed by atoms with Gasteiger partial charge in [-0.15, -0.1) is 0 Å². The molecule has 3 aromatic rings. The zero-order valence-electron chi connectivity index (χ0n) is 16.1. The van der Waals surface area contributed by atoms with Crippen molar-refractivity contribution in [2.75, 3.05) is 11.9 Å². The summed E-state index contributed by atoms with van der Waals surface area (Å²) in [6, 6.07) is 17.2. The molecule has 2 aromatic carbocycles. The highest BCUT2D eigenvalue weighted by Crippen LogP contribution is 2.19. The minimum Gasteiger partial charge on any atom is -0.489 e. The Labute approximate surface area is 169 Å². The highest BCUT2D eigenvalue weighted by Gasteiger charge is 2.14. The van der Waals surface area contributed by atoms with E-state index in [-0.39, 0.29) is 18.4 Å². The molecular formula is C23H22N2O4. The summed E-state index contributed by atoms with van der Waals surface area (Å²) < 4.78 is 10.8. The van der Waals surface area contributed by atoms with Gasteiger partial charge in [0.05, 0.1) is 24.1 Å². The van der Waals surface area contributed by atoms with Gasteiger partial charge in [0.1, 0.15) is 18.1 Å². The molecule has 0 unspecified atom stereocenters.